The fourth-order valence-electron chi connectivity index (χ4n) is 4.74. The highest BCUT2D eigenvalue weighted by molar-refractivity contribution is 8.16. The molecular weight excluding hydrogens is 590 g/mol. The number of ether oxygens (including phenoxy) is 3. The van der Waals surface area contributed by atoms with Gasteiger partial charge in [0.25, 0.3) is 0 Å². The van der Waals surface area contributed by atoms with Crippen LogP contribution in [0.5, 0.6) is 5.75 Å². The van der Waals surface area contributed by atoms with Crippen LogP contribution in [0.1, 0.15) is 12.7 Å². The Kier molecular flexibility index (Phi) is 10.2. The van der Waals surface area contributed by atoms with E-state index in [0.717, 1.165) is 22.0 Å². The number of fused-ring (bicyclic) bond motifs is 1. The Morgan fingerprint density at radius 2 is 1.95 bits per heavy atom. The summed E-state index contributed by atoms with van der Waals surface area (Å²) in [6, 6.07) is 15.1. The first-order valence-corrected chi connectivity index (χ1v) is 15.6. The predicted molar refractivity (Wildman–Crippen MR) is 171 cm³/mol. The maximum Gasteiger partial charge on any atom is 0.250 e. The number of rotatable bonds is 13. The van der Waals surface area contributed by atoms with Crippen molar-refractivity contribution in [1.29, 1.82) is 0 Å². The molecule has 2 atom stereocenters. The molecule has 3 aromatic rings. The maximum absolute atomic E-state index is 14.1. The number of amidine groups is 1. The molecule has 11 nitrogen and oxygen atoms in total. The third-order valence-electron chi connectivity index (χ3n) is 6.76. The fourth-order valence-corrected chi connectivity index (χ4v) is 7.50. The number of amides is 2. The Balaban J connectivity index is 1.44. The molecule has 2 amide bonds. The van der Waals surface area contributed by atoms with Crippen LogP contribution in [0.4, 0.5) is 22.7 Å². The number of hydrogen-bond donors (Lipinski definition) is 2. The molecule has 13 heteroatoms. The SMILES string of the molecule is CCNc1ccc(NC(=O)COC)cc1N=C1SC(C2Sc3ccc(OCCOC)cc3N2C)C(=O)N1Cc1ccco1. The zero-order valence-electron chi connectivity index (χ0n) is 24.5. The van der Waals surface area contributed by atoms with E-state index in [1.807, 2.05) is 44.3 Å². The lowest BCUT2D eigenvalue weighted by Gasteiger charge is -2.25. The molecule has 0 saturated carbocycles. The minimum absolute atomic E-state index is 0.0524. The smallest absolute Gasteiger partial charge is 0.250 e. The topological polar surface area (TPSA) is 118 Å². The quantitative estimate of drug-likeness (QED) is 0.251. The van der Waals surface area contributed by atoms with Gasteiger partial charge in [0.1, 0.15) is 35.3 Å². The second-order valence-electron chi connectivity index (χ2n) is 9.77. The summed E-state index contributed by atoms with van der Waals surface area (Å²) in [5.41, 5.74) is 2.98. The molecular formula is C30H35N5O6S2. The molecule has 2 unspecified atom stereocenters. The third kappa shape index (κ3) is 7.12. The molecule has 0 bridgehead atoms. The van der Waals surface area contributed by atoms with E-state index in [2.05, 4.69) is 15.5 Å². The van der Waals surface area contributed by atoms with Crippen LogP contribution in [0.25, 0.3) is 0 Å². The van der Waals surface area contributed by atoms with Gasteiger partial charge >= 0.3 is 0 Å². The number of carbonyl (C=O) groups excluding carboxylic acids is 2. The molecule has 0 radical (unpaired) electrons. The van der Waals surface area contributed by atoms with E-state index in [9.17, 15) is 9.59 Å². The molecule has 1 saturated heterocycles. The zero-order chi connectivity index (χ0) is 30.3. The second kappa shape index (κ2) is 14.2. The second-order valence-corrected chi connectivity index (χ2v) is 12.0. The molecule has 3 heterocycles. The largest absolute Gasteiger partial charge is 0.491 e. The van der Waals surface area contributed by atoms with Crippen LogP contribution in [-0.4, -0.2) is 80.1 Å². The van der Waals surface area contributed by atoms with Gasteiger partial charge in [-0.1, -0.05) is 23.5 Å². The summed E-state index contributed by atoms with van der Waals surface area (Å²) in [4.78, 5) is 36.1. The number of thioether (sulfide) groups is 2. The number of anilines is 3. The predicted octanol–water partition coefficient (Wildman–Crippen LogP) is 5.02. The Bertz CT molecular complexity index is 1470. The molecule has 5 rings (SSSR count). The molecule has 0 aliphatic carbocycles. The van der Waals surface area contributed by atoms with Crippen molar-refractivity contribution in [2.75, 3.05) is 63.2 Å². The van der Waals surface area contributed by atoms with Crippen LogP contribution in [0.2, 0.25) is 0 Å². The van der Waals surface area contributed by atoms with E-state index in [1.54, 1.807) is 48.2 Å². The normalized spacial score (nSPS) is 18.8. The molecule has 2 aromatic carbocycles. The van der Waals surface area contributed by atoms with Crippen LogP contribution in [0.15, 0.2) is 69.1 Å². The summed E-state index contributed by atoms with van der Waals surface area (Å²) in [5.74, 6) is 1.09. The van der Waals surface area contributed by atoms with Gasteiger partial charge in [0, 0.05) is 44.5 Å². The number of hydrogen-bond acceptors (Lipinski definition) is 11. The zero-order valence-corrected chi connectivity index (χ0v) is 26.1. The van der Waals surface area contributed by atoms with E-state index in [1.165, 1.54) is 18.9 Å². The van der Waals surface area contributed by atoms with Crippen molar-refractivity contribution in [1.82, 2.24) is 4.90 Å². The average Bonchev–Trinajstić information content (AvgIpc) is 3.70. The van der Waals surface area contributed by atoms with Crippen molar-refractivity contribution in [3.05, 3.63) is 60.6 Å². The number of aliphatic imine (C=N–C) groups is 1. The summed E-state index contributed by atoms with van der Waals surface area (Å²) in [7, 11) is 5.11. The molecule has 2 aliphatic rings. The number of nitrogens with zero attached hydrogens (tertiary/aromatic N) is 3. The fraction of sp³-hybridized carbons (Fsp3) is 0.367. The van der Waals surface area contributed by atoms with Gasteiger partial charge in [-0.3, -0.25) is 14.5 Å². The van der Waals surface area contributed by atoms with E-state index in [4.69, 9.17) is 23.6 Å². The van der Waals surface area contributed by atoms with Gasteiger partial charge in [0.05, 0.1) is 36.5 Å². The molecule has 2 N–H and O–H groups in total. The van der Waals surface area contributed by atoms with Crippen molar-refractivity contribution in [3.63, 3.8) is 0 Å². The molecule has 1 fully saturated rings. The van der Waals surface area contributed by atoms with Gasteiger partial charge < -0.3 is 34.2 Å². The number of benzene rings is 2. The lowest BCUT2D eigenvalue weighted by molar-refractivity contribution is -0.126. The minimum atomic E-state index is -0.429. The van der Waals surface area contributed by atoms with E-state index in [0.29, 0.717) is 42.1 Å². The maximum atomic E-state index is 14.1. The van der Waals surface area contributed by atoms with Gasteiger partial charge in [0.2, 0.25) is 11.8 Å². The Morgan fingerprint density at radius 3 is 2.70 bits per heavy atom. The highest BCUT2D eigenvalue weighted by atomic mass is 32.2. The van der Waals surface area contributed by atoms with Crippen LogP contribution in [0, 0.1) is 0 Å². The van der Waals surface area contributed by atoms with Crippen LogP contribution >= 0.6 is 23.5 Å². The van der Waals surface area contributed by atoms with Crippen LogP contribution in [-0.2, 0) is 25.6 Å². The van der Waals surface area contributed by atoms with E-state index < -0.39 is 5.25 Å². The average molecular weight is 626 g/mol. The van der Waals surface area contributed by atoms with Crippen molar-refractivity contribution in [2.45, 2.75) is 29.0 Å². The van der Waals surface area contributed by atoms with Gasteiger partial charge in [0.15, 0.2) is 5.17 Å². The summed E-state index contributed by atoms with van der Waals surface area (Å²) in [6.45, 7) is 3.83. The minimum Gasteiger partial charge on any atom is -0.491 e. The van der Waals surface area contributed by atoms with Gasteiger partial charge in [-0.15, -0.1) is 0 Å². The van der Waals surface area contributed by atoms with Crippen LogP contribution < -0.4 is 20.3 Å². The highest BCUT2D eigenvalue weighted by Crippen LogP contribution is 2.49. The van der Waals surface area contributed by atoms with Gasteiger partial charge in [-0.05, 0) is 49.4 Å². The number of carbonyl (C=O) groups is 2. The first kappa shape index (κ1) is 30.8. The van der Waals surface area contributed by atoms with E-state index >= 15 is 0 Å². The molecule has 43 heavy (non-hydrogen) atoms. The van der Waals surface area contributed by atoms with Crippen molar-refractivity contribution in [3.8, 4) is 5.75 Å². The lowest BCUT2D eigenvalue weighted by Crippen LogP contribution is -2.41. The highest BCUT2D eigenvalue weighted by Gasteiger charge is 2.47. The standard InChI is InChI=1S/C30H35N5O6S2/c1-5-31-22-10-8-19(32-26(36)18-39-4)15-23(22)33-30-35(17-21-7-6-12-40-21)28(37)27(43-30)29-34(2)24-16-20(41-14-13-38-3)9-11-25(24)42-29/h6-12,15-16,27,29,31H,5,13-14,17-18H2,1-4H3,(H,32,36). The molecule has 1 aromatic heterocycles. The number of methoxy groups -OCH3 is 2. The summed E-state index contributed by atoms with van der Waals surface area (Å²) >= 11 is 3.08. The number of nitrogens with one attached hydrogen (secondary N) is 2. The Labute approximate surface area is 259 Å². The first-order chi connectivity index (χ1) is 20.9. The monoisotopic (exact) mass is 625 g/mol. The lowest BCUT2D eigenvalue weighted by atomic mass is 10.2. The Hall–Kier alpha value is -3.65. The molecule has 228 valence electrons. The van der Waals surface area contributed by atoms with Crippen LogP contribution in [0.3, 0.4) is 0 Å². The summed E-state index contributed by atoms with van der Waals surface area (Å²) < 4.78 is 21.5. The molecule has 2 aliphatic heterocycles. The number of furan rings is 1. The molecule has 0 spiro atoms. The third-order valence-corrected chi connectivity index (χ3v) is 9.60. The van der Waals surface area contributed by atoms with Crippen molar-refractivity contribution >= 4 is 63.3 Å². The van der Waals surface area contributed by atoms with Gasteiger partial charge in [-0.2, -0.15) is 0 Å². The van der Waals surface area contributed by atoms with E-state index in [-0.39, 0.29) is 30.3 Å². The Morgan fingerprint density at radius 1 is 1.09 bits per heavy atom. The first-order valence-electron chi connectivity index (χ1n) is 13.8. The van der Waals surface area contributed by atoms with Gasteiger partial charge in [-0.25, -0.2) is 4.99 Å². The summed E-state index contributed by atoms with van der Waals surface area (Å²) in [6.07, 6.45) is 1.59. The van der Waals surface area contributed by atoms with Crippen molar-refractivity contribution in [2.24, 2.45) is 4.99 Å². The summed E-state index contributed by atoms with van der Waals surface area (Å²) in [5, 5.41) is 6.12. The van der Waals surface area contributed by atoms with Crippen molar-refractivity contribution < 1.29 is 28.2 Å².